The summed E-state index contributed by atoms with van der Waals surface area (Å²) >= 11 is 0. The quantitative estimate of drug-likeness (QED) is 0.712. The number of carbonyl (C=O) groups excluding carboxylic acids is 2. The lowest BCUT2D eigenvalue weighted by Gasteiger charge is -2.23. The van der Waals surface area contributed by atoms with E-state index in [0.717, 1.165) is 5.56 Å². The molecule has 7 nitrogen and oxygen atoms in total. The van der Waals surface area contributed by atoms with Crippen molar-refractivity contribution in [1.29, 1.82) is 0 Å². The van der Waals surface area contributed by atoms with Gasteiger partial charge in [-0.1, -0.05) is 30.3 Å². The fraction of sp³-hybridized carbons (Fsp3) is 0.333. The zero-order valence-corrected chi connectivity index (χ0v) is 16.1. The van der Waals surface area contributed by atoms with Crippen molar-refractivity contribution in [2.75, 3.05) is 27.4 Å². The van der Waals surface area contributed by atoms with Crippen LogP contribution in [0.25, 0.3) is 0 Å². The molecule has 1 atom stereocenters. The van der Waals surface area contributed by atoms with Crippen molar-refractivity contribution < 1.29 is 28.5 Å². The van der Waals surface area contributed by atoms with Crippen LogP contribution in [0.15, 0.2) is 42.5 Å². The highest BCUT2D eigenvalue weighted by Gasteiger charge is 2.25. The molecular weight excluding hydrogens is 362 g/mol. The van der Waals surface area contributed by atoms with Gasteiger partial charge in [0.1, 0.15) is 13.2 Å². The largest absolute Gasteiger partial charge is 0.493 e. The molecular formula is C21H23NO6. The van der Waals surface area contributed by atoms with E-state index in [9.17, 15) is 9.59 Å². The number of carbonyl (C=O) groups is 2. The summed E-state index contributed by atoms with van der Waals surface area (Å²) in [4.78, 5) is 26.6. The van der Waals surface area contributed by atoms with E-state index >= 15 is 0 Å². The fourth-order valence-electron chi connectivity index (χ4n) is 2.92. The van der Waals surface area contributed by atoms with Crippen molar-refractivity contribution in [3.8, 4) is 17.2 Å². The predicted molar refractivity (Wildman–Crippen MR) is 102 cm³/mol. The molecule has 0 aromatic heterocycles. The number of nitrogens with zero attached hydrogens (tertiary/aromatic N) is 1. The maximum Gasteiger partial charge on any atom is 0.339 e. The Balaban J connectivity index is 1.67. The zero-order chi connectivity index (χ0) is 20.1. The number of benzene rings is 2. The van der Waals surface area contributed by atoms with Crippen molar-refractivity contribution >= 4 is 11.9 Å². The fourth-order valence-corrected chi connectivity index (χ4v) is 2.92. The van der Waals surface area contributed by atoms with Crippen molar-refractivity contribution in [1.82, 2.24) is 4.90 Å². The molecule has 0 fully saturated rings. The van der Waals surface area contributed by atoms with Crippen LogP contribution < -0.4 is 14.2 Å². The number of hydrogen-bond donors (Lipinski definition) is 0. The molecule has 1 aliphatic heterocycles. The predicted octanol–water partition coefficient (Wildman–Crippen LogP) is 2.67. The molecule has 148 valence electrons. The van der Waals surface area contributed by atoms with E-state index < -0.39 is 12.1 Å². The first-order valence-electron chi connectivity index (χ1n) is 8.97. The second kappa shape index (κ2) is 8.65. The molecule has 3 rings (SSSR count). The van der Waals surface area contributed by atoms with Gasteiger partial charge in [-0.25, -0.2) is 4.79 Å². The van der Waals surface area contributed by atoms with E-state index in [1.807, 2.05) is 30.3 Å². The number of fused-ring (bicyclic) bond motifs is 1. The Bertz CT molecular complexity index is 834. The Morgan fingerprint density at radius 3 is 2.57 bits per heavy atom. The zero-order valence-electron chi connectivity index (χ0n) is 16.1. The molecule has 0 bridgehead atoms. The van der Waals surface area contributed by atoms with Gasteiger partial charge in [0.05, 0.1) is 12.7 Å². The maximum atomic E-state index is 12.5. The molecule has 0 saturated carbocycles. The van der Waals surface area contributed by atoms with Gasteiger partial charge >= 0.3 is 5.97 Å². The maximum absolute atomic E-state index is 12.5. The molecule has 0 radical (unpaired) electrons. The minimum absolute atomic E-state index is 0.228. The van der Waals surface area contributed by atoms with Gasteiger partial charge in [0.25, 0.3) is 5.91 Å². The highest BCUT2D eigenvalue weighted by atomic mass is 16.6. The monoisotopic (exact) mass is 385 g/mol. The normalized spacial score (nSPS) is 13.4. The topological polar surface area (TPSA) is 74.3 Å². The highest BCUT2D eigenvalue weighted by molar-refractivity contribution is 5.93. The summed E-state index contributed by atoms with van der Waals surface area (Å²) in [5.41, 5.74) is 1.22. The molecule has 1 aliphatic rings. The van der Waals surface area contributed by atoms with Crippen LogP contribution in [-0.2, 0) is 16.1 Å². The molecule has 1 heterocycles. The van der Waals surface area contributed by atoms with Crippen LogP contribution in [-0.4, -0.2) is 50.3 Å². The van der Waals surface area contributed by atoms with E-state index in [2.05, 4.69) is 0 Å². The third-order valence-electron chi connectivity index (χ3n) is 4.33. The number of likely N-dealkylation sites (N-methyl/N-ethyl adjacent to an activating group) is 1. The summed E-state index contributed by atoms with van der Waals surface area (Å²) in [6, 6.07) is 12.6. The number of hydrogen-bond acceptors (Lipinski definition) is 6. The molecule has 0 spiro atoms. The molecule has 0 N–H and O–H groups in total. The number of amides is 1. The van der Waals surface area contributed by atoms with E-state index in [-0.39, 0.29) is 11.5 Å². The van der Waals surface area contributed by atoms with E-state index in [4.69, 9.17) is 18.9 Å². The molecule has 7 heteroatoms. The van der Waals surface area contributed by atoms with Crippen LogP contribution in [0.5, 0.6) is 17.2 Å². The summed E-state index contributed by atoms with van der Waals surface area (Å²) in [5, 5.41) is 0. The first-order valence-corrected chi connectivity index (χ1v) is 8.97. The molecule has 0 unspecified atom stereocenters. The van der Waals surface area contributed by atoms with Gasteiger partial charge in [-0.2, -0.15) is 0 Å². The Hall–Kier alpha value is -3.22. The number of methoxy groups -OCH3 is 1. The smallest absolute Gasteiger partial charge is 0.339 e. The first-order chi connectivity index (χ1) is 13.5. The highest BCUT2D eigenvalue weighted by Crippen LogP contribution is 2.40. The number of ether oxygens (including phenoxy) is 4. The Morgan fingerprint density at radius 2 is 1.86 bits per heavy atom. The van der Waals surface area contributed by atoms with Crippen molar-refractivity contribution in [3.63, 3.8) is 0 Å². The third kappa shape index (κ3) is 4.36. The first kappa shape index (κ1) is 19.5. The molecule has 28 heavy (non-hydrogen) atoms. The Labute approximate surface area is 163 Å². The second-order valence-corrected chi connectivity index (χ2v) is 6.43. The summed E-state index contributed by atoms with van der Waals surface area (Å²) in [6.45, 7) is 2.77. The van der Waals surface area contributed by atoms with Crippen LogP contribution >= 0.6 is 0 Å². The number of rotatable bonds is 6. The summed E-state index contributed by atoms with van der Waals surface area (Å²) in [7, 11) is 3.15. The van der Waals surface area contributed by atoms with Crippen molar-refractivity contribution in [3.05, 3.63) is 53.6 Å². The Morgan fingerprint density at radius 1 is 1.14 bits per heavy atom. The number of esters is 1. The molecule has 0 aliphatic carbocycles. The van der Waals surface area contributed by atoms with Crippen LogP contribution in [0, 0.1) is 0 Å². The van der Waals surface area contributed by atoms with Gasteiger partial charge in [0.2, 0.25) is 5.75 Å². The summed E-state index contributed by atoms with van der Waals surface area (Å²) in [5.74, 6) is 0.324. The van der Waals surface area contributed by atoms with Gasteiger partial charge in [0, 0.05) is 13.6 Å². The molecule has 2 aromatic rings. The van der Waals surface area contributed by atoms with Gasteiger partial charge in [-0.05, 0) is 24.6 Å². The van der Waals surface area contributed by atoms with E-state index in [1.54, 1.807) is 14.0 Å². The summed E-state index contributed by atoms with van der Waals surface area (Å²) in [6.07, 6.45) is -0.930. The standard InChI is InChI=1S/C21H23NO6/c1-14(20(23)22(2)13-15-7-5-4-6-8-15)28-21(24)16-11-17(25-3)19-18(12-16)26-9-10-27-19/h4-8,11-12,14H,9-10,13H2,1-3H3/t14-/m0/s1. The minimum Gasteiger partial charge on any atom is -0.493 e. The summed E-state index contributed by atoms with van der Waals surface area (Å²) < 4.78 is 21.7. The molecule has 2 aromatic carbocycles. The molecule has 1 amide bonds. The third-order valence-corrected chi connectivity index (χ3v) is 4.33. The molecule has 0 saturated heterocycles. The lowest BCUT2D eigenvalue weighted by molar-refractivity contribution is -0.139. The Kier molecular flexibility index (Phi) is 6.03. The van der Waals surface area contributed by atoms with Gasteiger partial charge < -0.3 is 23.8 Å². The van der Waals surface area contributed by atoms with Crippen molar-refractivity contribution in [2.45, 2.75) is 19.6 Å². The van der Waals surface area contributed by atoms with Crippen LogP contribution in [0.4, 0.5) is 0 Å². The van der Waals surface area contributed by atoms with Crippen molar-refractivity contribution in [2.24, 2.45) is 0 Å². The van der Waals surface area contributed by atoms with Crippen LogP contribution in [0.3, 0.4) is 0 Å². The minimum atomic E-state index is -0.930. The SMILES string of the molecule is COc1cc(C(=O)O[C@@H](C)C(=O)N(C)Cc2ccccc2)cc2c1OCCO2. The van der Waals surface area contributed by atoms with Crippen LogP contribution in [0.1, 0.15) is 22.8 Å². The second-order valence-electron chi connectivity index (χ2n) is 6.43. The van der Waals surface area contributed by atoms with E-state index in [1.165, 1.54) is 24.1 Å². The average molecular weight is 385 g/mol. The van der Waals surface area contributed by atoms with E-state index in [0.29, 0.717) is 37.0 Å². The lowest BCUT2D eigenvalue weighted by Crippen LogP contribution is -2.37. The van der Waals surface area contributed by atoms with Crippen LogP contribution in [0.2, 0.25) is 0 Å². The average Bonchev–Trinajstić information content (AvgIpc) is 2.72. The van der Waals surface area contributed by atoms with Gasteiger partial charge in [0.15, 0.2) is 17.6 Å². The van der Waals surface area contributed by atoms with Gasteiger partial charge in [-0.3, -0.25) is 4.79 Å². The van der Waals surface area contributed by atoms with Gasteiger partial charge in [-0.15, -0.1) is 0 Å². The lowest BCUT2D eigenvalue weighted by atomic mass is 10.1.